The summed E-state index contributed by atoms with van der Waals surface area (Å²) < 4.78 is 27.3. The van der Waals surface area contributed by atoms with Crippen molar-refractivity contribution in [2.24, 2.45) is 4.99 Å². The van der Waals surface area contributed by atoms with E-state index in [0.717, 1.165) is 12.1 Å². The fourth-order valence-electron chi connectivity index (χ4n) is 2.90. The molecule has 0 radical (unpaired) electrons. The van der Waals surface area contributed by atoms with E-state index in [0.29, 0.717) is 45.1 Å². The minimum absolute atomic E-state index is 0.00523. The van der Waals surface area contributed by atoms with Gasteiger partial charge >= 0.3 is 0 Å². The number of hydrogen-bond acceptors (Lipinski definition) is 3. The number of rotatable bonds is 5. The van der Waals surface area contributed by atoms with E-state index in [1.54, 1.807) is 7.05 Å². The molecule has 1 aromatic carbocycles. The van der Waals surface area contributed by atoms with Crippen LogP contribution in [0.1, 0.15) is 20.3 Å². The first-order valence-corrected chi connectivity index (χ1v) is 8.85. The second-order valence-corrected chi connectivity index (χ2v) is 6.52. The Morgan fingerprint density at radius 3 is 2.54 bits per heavy atom. The van der Waals surface area contributed by atoms with Crippen molar-refractivity contribution in [3.8, 4) is 0 Å². The Morgan fingerprint density at radius 1 is 1.23 bits per heavy atom. The third-order valence-corrected chi connectivity index (χ3v) is 4.12. The Kier molecular flexibility index (Phi) is 7.17. The summed E-state index contributed by atoms with van der Waals surface area (Å²) in [5, 5.41) is 6.02. The van der Waals surface area contributed by atoms with Gasteiger partial charge in [-0.15, -0.1) is 0 Å². The molecule has 0 atom stereocenters. The van der Waals surface area contributed by atoms with E-state index in [-0.39, 0.29) is 17.6 Å². The highest BCUT2D eigenvalue weighted by atomic mass is 19.1. The number of halogens is 2. The highest BCUT2D eigenvalue weighted by Gasteiger charge is 2.22. The first-order chi connectivity index (χ1) is 12.4. The molecule has 6 nitrogen and oxygen atoms in total. The minimum atomic E-state index is -0.444. The number of nitrogens with zero attached hydrogens (tertiary/aromatic N) is 3. The molecule has 8 heteroatoms. The van der Waals surface area contributed by atoms with Crippen molar-refractivity contribution in [2.75, 3.05) is 44.7 Å². The lowest BCUT2D eigenvalue weighted by Crippen LogP contribution is -2.53. The minimum Gasteiger partial charge on any atom is -0.366 e. The van der Waals surface area contributed by atoms with Crippen molar-refractivity contribution < 1.29 is 13.6 Å². The lowest BCUT2D eigenvalue weighted by Gasteiger charge is -2.37. The Balaban J connectivity index is 1.83. The quantitative estimate of drug-likeness (QED) is 0.613. The molecule has 0 unspecified atom stereocenters. The molecule has 0 saturated carbocycles. The van der Waals surface area contributed by atoms with Crippen LogP contribution in [0.4, 0.5) is 14.5 Å². The van der Waals surface area contributed by atoms with Crippen molar-refractivity contribution in [3.05, 3.63) is 29.8 Å². The monoisotopic (exact) mass is 367 g/mol. The van der Waals surface area contributed by atoms with Gasteiger partial charge in [0.05, 0.1) is 5.69 Å². The number of nitrogens with one attached hydrogen (secondary N) is 2. The van der Waals surface area contributed by atoms with Crippen LogP contribution in [0.5, 0.6) is 0 Å². The van der Waals surface area contributed by atoms with E-state index < -0.39 is 11.6 Å². The smallest absolute Gasteiger partial charge is 0.221 e. The van der Waals surface area contributed by atoms with E-state index in [1.807, 2.05) is 23.6 Å². The summed E-state index contributed by atoms with van der Waals surface area (Å²) in [6.45, 7) is 6.73. The lowest BCUT2D eigenvalue weighted by molar-refractivity contribution is -0.121. The van der Waals surface area contributed by atoms with Crippen molar-refractivity contribution in [1.29, 1.82) is 0 Å². The van der Waals surface area contributed by atoms with Gasteiger partial charge in [0.25, 0.3) is 0 Å². The van der Waals surface area contributed by atoms with Gasteiger partial charge < -0.3 is 20.4 Å². The van der Waals surface area contributed by atoms with Crippen LogP contribution in [0, 0.1) is 11.6 Å². The molecule has 1 saturated heterocycles. The standard InChI is InChI=1S/C18H27F2N5O/c1-13(2)23-17(26)6-7-22-18(21-3)25-10-8-24(9-11-25)16-12-14(19)4-5-15(16)20/h4-5,12-13H,6-11H2,1-3H3,(H,21,22)(H,23,26). The maximum atomic E-state index is 13.9. The normalized spacial score (nSPS) is 15.4. The van der Waals surface area contributed by atoms with E-state index in [1.165, 1.54) is 6.07 Å². The van der Waals surface area contributed by atoms with Crippen molar-refractivity contribution >= 4 is 17.6 Å². The summed E-state index contributed by atoms with van der Waals surface area (Å²) >= 11 is 0. The Bertz CT molecular complexity index is 642. The van der Waals surface area contributed by atoms with Crippen LogP contribution in [0.25, 0.3) is 0 Å². The summed E-state index contributed by atoms with van der Waals surface area (Å²) in [6.07, 6.45) is 0.367. The summed E-state index contributed by atoms with van der Waals surface area (Å²) in [6, 6.07) is 3.62. The van der Waals surface area contributed by atoms with Crippen molar-refractivity contribution in [3.63, 3.8) is 0 Å². The van der Waals surface area contributed by atoms with Crippen LogP contribution >= 0.6 is 0 Å². The van der Waals surface area contributed by atoms with E-state index >= 15 is 0 Å². The van der Waals surface area contributed by atoms with Crippen molar-refractivity contribution in [2.45, 2.75) is 26.3 Å². The maximum Gasteiger partial charge on any atom is 0.221 e. The first-order valence-electron chi connectivity index (χ1n) is 8.85. The van der Waals surface area contributed by atoms with Crippen LogP contribution in [0.15, 0.2) is 23.2 Å². The highest BCUT2D eigenvalue weighted by molar-refractivity contribution is 5.81. The predicted molar refractivity (Wildman–Crippen MR) is 99.4 cm³/mol. The van der Waals surface area contributed by atoms with E-state index in [2.05, 4.69) is 15.6 Å². The average Bonchev–Trinajstić information content (AvgIpc) is 2.60. The molecule has 0 aromatic heterocycles. The molecular weight excluding hydrogens is 340 g/mol. The second-order valence-electron chi connectivity index (χ2n) is 6.52. The number of piperazine rings is 1. The number of amides is 1. The Hall–Kier alpha value is -2.38. The second kappa shape index (κ2) is 9.35. The van der Waals surface area contributed by atoms with Gasteiger partial charge in [-0.1, -0.05) is 0 Å². The third kappa shape index (κ3) is 5.57. The Labute approximate surface area is 153 Å². The van der Waals surface area contributed by atoms with Crippen LogP contribution in [0.3, 0.4) is 0 Å². The molecule has 0 aliphatic carbocycles. The zero-order valence-corrected chi connectivity index (χ0v) is 15.6. The molecule has 2 N–H and O–H groups in total. The van der Waals surface area contributed by atoms with Crippen LogP contribution in [-0.2, 0) is 4.79 Å². The summed E-state index contributed by atoms with van der Waals surface area (Å²) in [5.74, 6) is -0.157. The van der Waals surface area contributed by atoms with E-state index in [9.17, 15) is 13.6 Å². The molecular formula is C18H27F2N5O. The molecule has 1 aromatic rings. The molecule has 0 spiro atoms. The topological polar surface area (TPSA) is 60.0 Å². The third-order valence-electron chi connectivity index (χ3n) is 4.12. The van der Waals surface area contributed by atoms with E-state index in [4.69, 9.17) is 0 Å². The molecule has 1 aliphatic rings. The van der Waals surface area contributed by atoms with Gasteiger partial charge in [0.1, 0.15) is 11.6 Å². The number of aliphatic imine (C=N–C) groups is 1. The van der Waals surface area contributed by atoms with Crippen LogP contribution in [-0.4, -0.2) is 62.6 Å². The van der Waals surface area contributed by atoms with Gasteiger partial charge in [-0.2, -0.15) is 0 Å². The van der Waals surface area contributed by atoms with Gasteiger partial charge in [0.15, 0.2) is 5.96 Å². The number of guanidine groups is 1. The average molecular weight is 367 g/mol. The van der Waals surface area contributed by atoms with Gasteiger partial charge in [0, 0.05) is 58.3 Å². The zero-order chi connectivity index (χ0) is 19.1. The van der Waals surface area contributed by atoms with Crippen molar-refractivity contribution in [1.82, 2.24) is 15.5 Å². The van der Waals surface area contributed by atoms with Crippen LogP contribution < -0.4 is 15.5 Å². The first kappa shape index (κ1) is 19.9. The van der Waals surface area contributed by atoms with Gasteiger partial charge in [0.2, 0.25) is 5.91 Å². The number of carbonyl (C=O) groups excluding carboxylic acids is 1. The lowest BCUT2D eigenvalue weighted by atomic mass is 10.2. The number of anilines is 1. The van der Waals surface area contributed by atoms with Gasteiger partial charge in [-0.3, -0.25) is 9.79 Å². The van der Waals surface area contributed by atoms with Crippen LogP contribution in [0.2, 0.25) is 0 Å². The maximum absolute atomic E-state index is 13.9. The fraction of sp³-hybridized carbons (Fsp3) is 0.556. The number of carbonyl (C=O) groups is 1. The summed E-state index contributed by atoms with van der Waals surface area (Å²) in [7, 11) is 1.69. The summed E-state index contributed by atoms with van der Waals surface area (Å²) in [5.41, 5.74) is 0.290. The zero-order valence-electron chi connectivity index (χ0n) is 15.6. The molecule has 1 aliphatic heterocycles. The fourth-order valence-corrected chi connectivity index (χ4v) is 2.90. The molecule has 26 heavy (non-hydrogen) atoms. The predicted octanol–water partition coefficient (Wildman–Crippen LogP) is 1.58. The molecule has 0 bridgehead atoms. The molecule has 1 fully saturated rings. The molecule has 1 heterocycles. The molecule has 144 valence electrons. The Morgan fingerprint density at radius 2 is 1.92 bits per heavy atom. The number of hydrogen-bond donors (Lipinski definition) is 2. The summed E-state index contributed by atoms with van der Waals surface area (Å²) in [4.78, 5) is 19.8. The number of benzene rings is 1. The van der Waals surface area contributed by atoms with Gasteiger partial charge in [-0.25, -0.2) is 8.78 Å². The molecule has 2 rings (SSSR count). The van der Waals surface area contributed by atoms with Gasteiger partial charge in [-0.05, 0) is 26.0 Å². The largest absolute Gasteiger partial charge is 0.366 e. The molecule has 1 amide bonds. The highest BCUT2D eigenvalue weighted by Crippen LogP contribution is 2.21. The SMILES string of the molecule is CN=C(NCCC(=O)NC(C)C)N1CCN(c2cc(F)ccc2F)CC1.